The molecule has 5 rings (SSSR count). The molecule has 0 spiro atoms. The molecule has 2 N–H and O–H groups in total. The number of fused-ring (bicyclic) bond motifs is 4. The van der Waals surface area contributed by atoms with Crippen molar-refractivity contribution in [1.82, 2.24) is 9.97 Å². The van der Waals surface area contributed by atoms with Gasteiger partial charge in [0.2, 0.25) is 0 Å². The number of hydrogen-bond donors (Lipinski definition) is 1. The molecule has 5 heteroatoms. The standard InChI is InChI=1S/C20H16N4S/c21-9-10-24-19-17(11-13-5-1-3-7-15(13)22-19)25-18-12-14-6-2-4-8-16(14)23-20(18)24/h1-8,11-12H,9-10,21H2. The average Bonchev–Trinajstić information content (AvgIpc) is 2.65. The number of para-hydroxylation sites is 2. The van der Waals surface area contributed by atoms with Crippen LogP contribution in [-0.4, -0.2) is 23.1 Å². The molecule has 1 aliphatic heterocycles. The minimum Gasteiger partial charge on any atom is -0.329 e. The second-order valence-corrected chi connectivity index (χ2v) is 7.13. The summed E-state index contributed by atoms with van der Waals surface area (Å²) in [6.07, 6.45) is 0. The molecule has 0 saturated heterocycles. The van der Waals surface area contributed by atoms with Gasteiger partial charge in [0.1, 0.15) is 11.6 Å². The largest absolute Gasteiger partial charge is 0.329 e. The van der Waals surface area contributed by atoms with Crippen molar-refractivity contribution in [1.29, 1.82) is 0 Å². The van der Waals surface area contributed by atoms with Gasteiger partial charge in [-0.05, 0) is 24.3 Å². The Kier molecular flexibility index (Phi) is 3.36. The Morgan fingerprint density at radius 3 is 1.84 bits per heavy atom. The molecule has 0 fully saturated rings. The highest BCUT2D eigenvalue weighted by Crippen LogP contribution is 2.47. The van der Waals surface area contributed by atoms with Crippen molar-refractivity contribution < 1.29 is 0 Å². The Hall–Kier alpha value is -2.63. The molecule has 25 heavy (non-hydrogen) atoms. The van der Waals surface area contributed by atoms with Crippen LogP contribution in [0.3, 0.4) is 0 Å². The van der Waals surface area contributed by atoms with Crippen LogP contribution in [0.5, 0.6) is 0 Å². The lowest BCUT2D eigenvalue weighted by Gasteiger charge is -2.30. The lowest BCUT2D eigenvalue weighted by atomic mass is 10.2. The fourth-order valence-electron chi connectivity index (χ4n) is 3.27. The van der Waals surface area contributed by atoms with E-state index in [1.807, 2.05) is 36.4 Å². The first kappa shape index (κ1) is 14.7. The Balaban J connectivity index is 1.76. The molecule has 0 aliphatic carbocycles. The number of hydrogen-bond acceptors (Lipinski definition) is 5. The first-order valence-corrected chi connectivity index (χ1v) is 9.10. The van der Waals surface area contributed by atoms with Gasteiger partial charge in [-0.25, -0.2) is 9.97 Å². The number of pyridine rings is 2. The van der Waals surface area contributed by atoms with E-state index in [1.165, 1.54) is 0 Å². The van der Waals surface area contributed by atoms with Gasteiger partial charge in [-0.2, -0.15) is 0 Å². The zero-order valence-corrected chi connectivity index (χ0v) is 14.3. The van der Waals surface area contributed by atoms with Crippen LogP contribution < -0.4 is 10.6 Å². The highest BCUT2D eigenvalue weighted by molar-refractivity contribution is 7.99. The van der Waals surface area contributed by atoms with E-state index in [1.54, 1.807) is 11.8 Å². The van der Waals surface area contributed by atoms with Gasteiger partial charge >= 0.3 is 0 Å². The molecule has 4 aromatic rings. The summed E-state index contributed by atoms with van der Waals surface area (Å²) in [5.74, 6) is 1.90. The van der Waals surface area contributed by atoms with E-state index >= 15 is 0 Å². The van der Waals surface area contributed by atoms with E-state index in [9.17, 15) is 0 Å². The van der Waals surface area contributed by atoms with Crippen LogP contribution in [0, 0.1) is 0 Å². The monoisotopic (exact) mass is 344 g/mol. The molecule has 2 aromatic heterocycles. The second kappa shape index (κ2) is 5.72. The summed E-state index contributed by atoms with van der Waals surface area (Å²) in [7, 11) is 0. The molecule has 0 radical (unpaired) electrons. The minimum atomic E-state index is 0.548. The summed E-state index contributed by atoms with van der Waals surface area (Å²) in [5.41, 5.74) is 7.88. The van der Waals surface area contributed by atoms with Crippen molar-refractivity contribution in [2.75, 3.05) is 18.0 Å². The van der Waals surface area contributed by atoms with Gasteiger partial charge in [0.25, 0.3) is 0 Å². The lowest BCUT2D eigenvalue weighted by Crippen LogP contribution is -2.29. The predicted octanol–water partition coefficient (Wildman–Crippen LogP) is 4.34. The van der Waals surface area contributed by atoms with E-state index in [0.29, 0.717) is 13.1 Å². The molecule has 0 saturated carbocycles. The number of nitrogens with zero attached hydrogens (tertiary/aromatic N) is 3. The maximum atomic E-state index is 5.89. The first-order chi connectivity index (χ1) is 12.3. The van der Waals surface area contributed by atoms with Crippen LogP contribution in [0.15, 0.2) is 70.5 Å². The summed E-state index contributed by atoms with van der Waals surface area (Å²) in [6, 6.07) is 20.8. The number of rotatable bonds is 2. The van der Waals surface area contributed by atoms with Gasteiger partial charge in [0.15, 0.2) is 0 Å². The Morgan fingerprint density at radius 1 is 0.800 bits per heavy atom. The van der Waals surface area contributed by atoms with Gasteiger partial charge in [0, 0.05) is 23.9 Å². The maximum Gasteiger partial charge on any atom is 0.149 e. The van der Waals surface area contributed by atoms with Crippen LogP contribution in [0.4, 0.5) is 11.6 Å². The Labute approximate surface area is 149 Å². The van der Waals surface area contributed by atoms with Crippen LogP contribution >= 0.6 is 11.8 Å². The third-order valence-corrected chi connectivity index (χ3v) is 5.46. The van der Waals surface area contributed by atoms with Crippen molar-refractivity contribution in [3.8, 4) is 0 Å². The fourth-order valence-corrected chi connectivity index (χ4v) is 4.37. The topological polar surface area (TPSA) is 55.0 Å². The van der Waals surface area contributed by atoms with Crippen LogP contribution in [-0.2, 0) is 0 Å². The molecule has 2 aromatic carbocycles. The number of anilines is 2. The highest BCUT2D eigenvalue weighted by atomic mass is 32.2. The van der Waals surface area contributed by atoms with E-state index in [2.05, 4.69) is 29.2 Å². The van der Waals surface area contributed by atoms with Crippen molar-refractivity contribution in [2.24, 2.45) is 5.73 Å². The number of nitrogens with two attached hydrogens (primary N) is 1. The zero-order chi connectivity index (χ0) is 16.8. The van der Waals surface area contributed by atoms with Crippen molar-refractivity contribution in [2.45, 2.75) is 9.79 Å². The molecule has 1 aliphatic rings. The maximum absolute atomic E-state index is 5.89. The minimum absolute atomic E-state index is 0.548. The molecular weight excluding hydrogens is 328 g/mol. The molecule has 0 unspecified atom stereocenters. The molecule has 3 heterocycles. The van der Waals surface area contributed by atoms with Gasteiger partial charge in [-0.15, -0.1) is 0 Å². The van der Waals surface area contributed by atoms with Gasteiger partial charge in [-0.3, -0.25) is 0 Å². The van der Waals surface area contributed by atoms with Crippen molar-refractivity contribution in [3.05, 3.63) is 60.7 Å². The van der Waals surface area contributed by atoms with E-state index in [0.717, 1.165) is 43.2 Å². The third-order valence-electron chi connectivity index (χ3n) is 4.42. The summed E-state index contributed by atoms with van der Waals surface area (Å²) in [4.78, 5) is 14.3. The molecule has 122 valence electrons. The van der Waals surface area contributed by atoms with E-state index in [4.69, 9.17) is 15.7 Å². The first-order valence-electron chi connectivity index (χ1n) is 8.28. The second-order valence-electron chi connectivity index (χ2n) is 6.05. The quantitative estimate of drug-likeness (QED) is 0.586. The third kappa shape index (κ3) is 2.35. The fraction of sp³-hybridized carbons (Fsp3) is 0.100. The highest BCUT2D eigenvalue weighted by Gasteiger charge is 2.26. The van der Waals surface area contributed by atoms with Gasteiger partial charge in [-0.1, -0.05) is 48.2 Å². The molecule has 0 atom stereocenters. The van der Waals surface area contributed by atoms with Crippen LogP contribution in [0.2, 0.25) is 0 Å². The van der Waals surface area contributed by atoms with Gasteiger partial charge < -0.3 is 10.6 Å². The smallest absolute Gasteiger partial charge is 0.149 e. The summed E-state index contributed by atoms with van der Waals surface area (Å²) in [6.45, 7) is 1.24. The van der Waals surface area contributed by atoms with Gasteiger partial charge in [0.05, 0.1) is 20.8 Å². The molecule has 0 amide bonds. The van der Waals surface area contributed by atoms with E-state index < -0.39 is 0 Å². The summed E-state index contributed by atoms with van der Waals surface area (Å²) in [5, 5.41) is 2.30. The molecule has 4 nitrogen and oxygen atoms in total. The molecule has 0 bridgehead atoms. The number of aromatic nitrogens is 2. The summed E-state index contributed by atoms with van der Waals surface area (Å²) >= 11 is 1.73. The zero-order valence-electron chi connectivity index (χ0n) is 13.5. The van der Waals surface area contributed by atoms with E-state index in [-0.39, 0.29) is 0 Å². The Bertz CT molecular complexity index is 1020. The number of benzene rings is 2. The lowest BCUT2D eigenvalue weighted by molar-refractivity contribution is 0.867. The average molecular weight is 344 g/mol. The summed E-state index contributed by atoms with van der Waals surface area (Å²) < 4.78 is 0. The predicted molar refractivity (Wildman–Crippen MR) is 104 cm³/mol. The van der Waals surface area contributed by atoms with Crippen molar-refractivity contribution in [3.63, 3.8) is 0 Å². The van der Waals surface area contributed by atoms with Crippen LogP contribution in [0.1, 0.15) is 0 Å². The SMILES string of the molecule is NCCN1c2nc3ccccc3cc2Sc2cc3ccccc3nc21. The van der Waals surface area contributed by atoms with Crippen molar-refractivity contribution >= 4 is 45.2 Å². The van der Waals surface area contributed by atoms with Crippen LogP contribution in [0.25, 0.3) is 21.8 Å². The normalized spacial score (nSPS) is 13.1. The molecular formula is C20H16N4S. The Morgan fingerprint density at radius 2 is 1.32 bits per heavy atom.